The van der Waals surface area contributed by atoms with Crippen molar-refractivity contribution in [1.29, 1.82) is 0 Å². The summed E-state index contributed by atoms with van der Waals surface area (Å²) in [7, 11) is 0. The lowest BCUT2D eigenvalue weighted by Crippen LogP contribution is -2.37. The molecule has 1 fully saturated rings. The fourth-order valence-corrected chi connectivity index (χ4v) is 2.18. The van der Waals surface area contributed by atoms with Crippen molar-refractivity contribution in [2.45, 2.75) is 24.8 Å². The molecule has 1 aliphatic heterocycles. The van der Waals surface area contributed by atoms with Gasteiger partial charge < -0.3 is 15.0 Å². The average Bonchev–Trinajstić information content (AvgIpc) is 2.89. The second-order valence-electron chi connectivity index (χ2n) is 4.72. The van der Waals surface area contributed by atoms with Gasteiger partial charge in [-0.3, -0.25) is 4.98 Å². The summed E-state index contributed by atoms with van der Waals surface area (Å²) in [6.45, 7) is 1.25. The first-order valence-electron chi connectivity index (χ1n) is 6.37. The van der Waals surface area contributed by atoms with E-state index in [1.165, 1.54) is 0 Å². The summed E-state index contributed by atoms with van der Waals surface area (Å²) in [5, 5.41) is 4.00. The molecule has 0 saturated carbocycles. The Morgan fingerprint density at radius 3 is 3.16 bits per heavy atom. The third kappa shape index (κ3) is 2.80. The third-order valence-electron chi connectivity index (χ3n) is 3.30. The smallest absolute Gasteiger partial charge is 0.233 e. The van der Waals surface area contributed by atoms with E-state index in [2.05, 4.69) is 15.1 Å². The van der Waals surface area contributed by atoms with Gasteiger partial charge in [0.2, 0.25) is 5.89 Å². The number of pyridine rings is 1. The minimum atomic E-state index is 0.00361. The minimum absolute atomic E-state index is 0.00361. The van der Waals surface area contributed by atoms with E-state index in [9.17, 15) is 0 Å². The molecule has 1 saturated heterocycles. The summed E-state index contributed by atoms with van der Waals surface area (Å²) in [5.41, 5.74) is 7.11. The zero-order valence-electron chi connectivity index (χ0n) is 10.5. The molecule has 0 radical (unpaired) electrons. The quantitative estimate of drug-likeness (QED) is 0.881. The standard InChI is InChI=1S/C13H16N4O2/c14-11-3-5-18-8-10(11)13-16-12(17-19-13)6-9-2-1-4-15-7-9/h1-2,4,7,10-11H,3,5-6,8,14H2. The second-order valence-corrected chi connectivity index (χ2v) is 4.72. The maximum Gasteiger partial charge on any atom is 0.233 e. The van der Waals surface area contributed by atoms with Gasteiger partial charge in [0, 0.05) is 31.5 Å². The Bertz CT molecular complexity index is 528. The van der Waals surface area contributed by atoms with Crippen LogP contribution in [0.5, 0.6) is 0 Å². The summed E-state index contributed by atoms with van der Waals surface area (Å²) in [5.74, 6) is 1.23. The number of aromatic nitrogens is 3. The number of ether oxygens (including phenoxy) is 1. The Morgan fingerprint density at radius 1 is 1.42 bits per heavy atom. The molecule has 2 aromatic rings. The van der Waals surface area contributed by atoms with E-state index in [1.807, 2.05) is 12.1 Å². The molecule has 0 spiro atoms. The molecule has 2 atom stereocenters. The predicted molar refractivity (Wildman–Crippen MR) is 67.5 cm³/mol. The summed E-state index contributed by atoms with van der Waals surface area (Å²) in [4.78, 5) is 8.48. The van der Waals surface area contributed by atoms with Crippen molar-refractivity contribution in [3.8, 4) is 0 Å². The predicted octanol–water partition coefficient (Wildman–Crippen LogP) is 0.887. The van der Waals surface area contributed by atoms with E-state index in [4.69, 9.17) is 15.0 Å². The summed E-state index contributed by atoms with van der Waals surface area (Å²) in [6.07, 6.45) is 4.97. The highest BCUT2D eigenvalue weighted by Crippen LogP contribution is 2.23. The highest BCUT2D eigenvalue weighted by atomic mass is 16.5. The molecule has 3 rings (SSSR count). The zero-order chi connectivity index (χ0) is 13.1. The van der Waals surface area contributed by atoms with Crippen LogP contribution in [0.25, 0.3) is 0 Å². The van der Waals surface area contributed by atoms with Crippen molar-refractivity contribution in [1.82, 2.24) is 15.1 Å². The molecule has 0 amide bonds. The molecular formula is C13H16N4O2. The molecule has 0 bridgehead atoms. The molecule has 6 heteroatoms. The molecule has 2 unspecified atom stereocenters. The van der Waals surface area contributed by atoms with E-state index < -0.39 is 0 Å². The van der Waals surface area contributed by atoms with E-state index in [1.54, 1.807) is 12.4 Å². The van der Waals surface area contributed by atoms with Crippen LogP contribution in [0.3, 0.4) is 0 Å². The SMILES string of the molecule is NC1CCOCC1c1nc(Cc2cccnc2)no1. The maximum atomic E-state index is 6.06. The van der Waals surface area contributed by atoms with Gasteiger partial charge in [0.15, 0.2) is 5.82 Å². The van der Waals surface area contributed by atoms with Crippen molar-refractivity contribution in [3.63, 3.8) is 0 Å². The van der Waals surface area contributed by atoms with Crippen LogP contribution in [0, 0.1) is 0 Å². The summed E-state index contributed by atoms with van der Waals surface area (Å²) >= 11 is 0. The van der Waals surface area contributed by atoms with E-state index in [-0.39, 0.29) is 12.0 Å². The monoisotopic (exact) mass is 260 g/mol. The van der Waals surface area contributed by atoms with Crippen LogP contribution in [0.4, 0.5) is 0 Å². The number of nitrogens with zero attached hydrogens (tertiary/aromatic N) is 3. The Kier molecular flexibility index (Phi) is 3.52. The van der Waals surface area contributed by atoms with Gasteiger partial charge in [-0.2, -0.15) is 4.98 Å². The Hall–Kier alpha value is -1.79. The zero-order valence-corrected chi connectivity index (χ0v) is 10.5. The Morgan fingerprint density at radius 2 is 2.37 bits per heavy atom. The molecule has 2 aromatic heterocycles. The van der Waals surface area contributed by atoms with Crippen LogP contribution in [0.1, 0.15) is 29.6 Å². The number of hydrogen-bond acceptors (Lipinski definition) is 6. The second kappa shape index (κ2) is 5.46. The van der Waals surface area contributed by atoms with Crippen molar-refractivity contribution < 1.29 is 9.26 Å². The molecule has 1 aliphatic rings. The lowest BCUT2D eigenvalue weighted by atomic mass is 9.97. The first-order chi connectivity index (χ1) is 9.33. The van der Waals surface area contributed by atoms with Crippen LogP contribution >= 0.6 is 0 Å². The fourth-order valence-electron chi connectivity index (χ4n) is 2.18. The van der Waals surface area contributed by atoms with Crippen molar-refractivity contribution in [2.24, 2.45) is 5.73 Å². The molecule has 100 valence electrons. The highest BCUT2D eigenvalue weighted by molar-refractivity contribution is 5.14. The largest absolute Gasteiger partial charge is 0.381 e. The van der Waals surface area contributed by atoms with Gasteiger partial charge in [-0.05, 0) is 18.1 Å². The first-order valence-corrected chi connectivity index (χ1v) is 6.37. The van der Waals surface area contributed by atoms with Gasteiger partial charge in [0.1, 0.15) is 0 Å². The van der Waals surface area contributed by atoms with Gasteiger partial charge in [-0.1, -0.05) is 11.2 Å². The summed E-state index contributed by atoms with van der Waals surface area (Å²) < 4.78 is 10.7. The molecule has 19 heavy (non-hydrogen) atoms. The van der Waals surface area contributed by atoms with Gasteiger partial charge in [-0.25, -0.2) is 0 Å². The van der Waals surface area contributed by atoms with Gasteiger partial charge in [0.05, 0.1) is 12.5 Å². The van der Waals surface area contributed by atoms with Gasteiger partial charge >= 0.3 is 0 Å². The lowest BCUT2D eigenvalue weighted by molar-refractivity contribution is 0.0590. The van der Waals surface area contributed by atoms with Crippen LogP contribution in [-0.4, -0.2) is 34.4 Å². The van der Waals surface area contributed by atoms with Crippen molar-refractivity contribution >= 4 is 0 Å². The molecule has 6 nitrogen and oxygen atoms in total. The third-order valence-corrected chi connectivity index (χ3v) is 3.30. The van der Waals surface area contributed by atoms with Gasteiger partial charge in [0.25, 0.3) is 0 Å². The summed E-state index contributed by atoms with van der Waals surface area (Å²) in [6, 6.07) is 3.90. The number of nitrogens with two attached hydrogens (primary N) is 1. The topological polar surface area (TPSA) is 87.1 Å². The minimum Gasteiger partial charge on any atom is -0.381 e. The number of rotatable bonds is 3. The Balaban J connectivity index is 1.72. The molecule has 2 N–H and O–H groups in total. The molecule has 3 heterocycles. The van der Waals surface area contributed by atoms with E-state index in [0.717, 1.165) is 12.0 Å². The van der Waals surface area contributed by atoms with Crippen molar-refractivity contribution in [2.75, 3.05) is 13.2 Å². The molecule has 0 aliphatic carbocycles. The fraction of sp³-hybridized carbons (Fsp3) is 0.462. The highest BCUT2D eigenvalue weighted by Gasteiger charge is 2.29. The van der Waals surface area contributed by atoms with E-state index >= 15 is 0 Å². The maximum absolute atomic E-state index is 6.06. The van der Waals surface area contributed by atoms with Crippen LogP contribution in [0.15, 0.2) is 29.0 Å². The normalized spacial score (nSPS) is 23.4. The molecular weight excluding hydrogens is 244 g/mol. The van der Waals surface area contributed by atoms with Crippen LogP contribution in [-0.2, 0) is 11.2 Å². The van der Waals surface area contributed by atoms with Crippen LogP contribution < -0.4 is 5.73 Å². The van der Waals surface area contributed by atoms with Crippen molar-refractivity contribution in [3.05, 3.63) is 41.8 Å². The van der Waals surface area contributed by atoms with Crippen LogP contribution in [0.2, 0.25) is 0 Å². The van der Waals surface area contributed by atoms with Gasteiger partial charge in [-0.15, -0.1) is 0 Å². The lowest BCUT2D eigenvalue weighted by Gasteiger charge is -2.25. The van der Waals surface area contributed by atoms with E-state index in [0.29, 0.717) is 31.3 Å². The average molecular weight is 260 g/mol. The number of hydrogen-bond donors (Lipinski definition) is 1. The molecule has 0 aromatic carbocycles. The Labute approximate surface area is 111 Å². The first kappa shape index (κ1) is 12.3.